The van der Waals surface area contributed by atoms with E-state index in [1.807, 2.05) is 38.1 Å². The maximum Gasteiger partial charge on any atom is 0.266 e. The van der Waals surface area contributed by atoms with Crippen molar-refractivity contribution in [2.75, 3.05) is 11.9 Å². The van der Waals surface area contributed by atoms with Crippen LogP contribution in [0.3, 0.4) is 0 Å². The molecule has 168 valence electrons. The van der Waals surface area contributed by atoms with Crippen LogP contribution >= 0.6 is 15.9 Å². The third-order valence-corrected chi connectivity index (χ3v) is 5.26. The fourth-order valence-electron chi connectivity index (χ4n) is 3.07. The second-order valence-electron chi connectivity index (χ2n) is 7.12. The Balaban J connectivity index is 1.86. The first-order valence-corrected chi connectivity index (χ1v) is 11.0. The van der Waals surface area contributed by atoms with Gasteiger partial charge in [0.2, 0.25) is 0 Å². The molecule has 3 rings (SSSR count). The van der Waals surface area contributed by atoms with E-state index >= 15 is 0 Å². The van der Waals surface area contributed by atoms with E-state index in [1.165, 1.54) is 18.2 Å². The largest absolute Gasteiger partial charge is 0.490 e. The van der Waals surface area contributed by atoms with Crippen molar-refractivity contribution in [2.24, 2.45) is 0 Å². The fraction of sp³-hybridized carbons (Fsp3) is 0.154. The standard InChI is InChI=1S/C26H22BrFN2O3/c1-3-32-24-14-19(11-20(15-29)26(31)30-23-10-5-4-7-17(23)2)13-22(27)25(24)33-16-18-8-6-9-21(28)12-18/h4-14H,3,16H2,1-2H3,(H,30,31)/b20-11+. The third-order valence-electron chi connectivity index (χ3n) is 4.67. The summed E-state index contributed by atoms with van der Waals surface area (Å²) >= 11 is 3.48. The molecular weight excluding hydrogens is 487 g/mol. The van der Waals surface area contributed by atoms with E-state index in [2.05, 4.69) is 21.2 Å². The number of carbonyl (C=O) groups excluding carboxylic acids is 1. The van der Waals surface area contributed by atoms with Crippen molar-refractivity contribution in [1.82, 2.24) is 0 Å². The predicted octanol–water partition coefficient (Wildman–Crippen LogP) is 6.42. The van der Waals surface area contributed by atoms with Crippen molar-refractivity contribution in [2.45, 2.75) is 20.5 Å². The minimum absolute atomic E-state index is 0.0546. The number of aryl methyl sites for hydroxylation is 1. The van der Waals surface area contributed by atoms with Gasteiger partial charge in [-0.2, -0.15) is 5.26 Å². The van der Waals surface area contributed by atoms with Crippen LogP contribution in [0.1, 0.15) is 23.6 Å². The van der Waals surface area contributed by atoms with Crippen LogP contribution in [-0.2, 0) is 11.4 Å². The molecular formula is C26H22BrFN2O3. The summed E-state index contributed by atoms with van der Waals surface area (Å²) in [6.45, 7) is 4.24. The van der Waals surface area contributed by atoms with E-state index in [4.69, 9.17) is 9.47 Å². The van der Waals surface area contributed by atoms with Crippen LogP contribution < -0.4 is 14.8 Å². The van der Waals surface area contributed by atoms with Gasteiger partial charge >= 0.3 is 0 Å². The maximum absolute atomic E-state index is 13.5. The quantitative estimate of drug-likeness (QED) is 0.281. The van der Waals surface area contributed by atoms with Crippen molar-refractivity contribution >= 4 is 33.6 Å². The monoisotopic (exact) mass is 508 g/mol. The highest BCUT2D eigenvalue weighted by atomic mass is 79.9. The topological polar surface area (TPSA) is 71.3 Å². The minimum atomic E-state index is -0.507. The van der Waals surface area contributed by atoms with Crippen molar-refractivity contribution in [3.63, 3.8) is 0 Å². The summed E-state index contributed by atoms with van der Waals surface area (Å²) in [5.41, 5.74) is 2.74. The zero-order chi connectivity index (χ0) is 23.8. The van der Waals surface area contributed by atoms with Crippen molar-refractivity contribution in [3.8, 4) is 17.6 Å². The summed E-state index contributed by atoms with van der Waals surface area (Å²) in [6.07, 6.45) is 1.48. The van der Waals surface area contributed by atoms with Gasteiger partial charge in [-0.15, -0.1) is 0 Å². The van der Waals surface area contributed by atoms with Gasteiger partial charge in [0.15, 0.2) is 11.5 Å². The highest BCUT2D eigenvalue weighted by Gasteiger charge is 2.15. The molecule has 0 fully saturated rings. The van der Waals surface area contributed by atoms with Gasteiger partial charge in [-0.05, 0) is 82.9 Å². The van der Waals surface area contributed by atoms with E-state index in [-0.39, 0.29) is 18.0 Å². The smallest absolute Gasteiger partial charge is 0.266 e. The Bertz CT molecular complexity index is 1230. The lowest BCUT2D eigenvalue weighted by atomic mass is 10.1. The van der Waals surface area contributed by atoms with E-state index in [9.17, 15) is 14.4 Å². The summed E-state index contributed by atoms with van der Waals surface area (Å²) < 4.78 is 25.6. The number of nitriles is 1. The highest BCUT2D eigenvalue weighted by molar-refractivity contribution is 9.10. The maximum atomic E-state index is 13.5. The Morgan fingerprint density at radius 3 is 2.64 bits per heavy atom. The lowest BCUT2D eigenvalue weighted by Gasteiger charge is -2.15. The molecule has 0 atom stereocenters. The molecule has 0 aliphatic heterocycles. The molecule has 33 heavy (non-hydrogen) atoms. The molecule has 0 aromatic heterocycles. The van der Waals surface area contributed by atoms with E-state index in [0.29, 0.717) is 39.4 Å². The van der Waals surface area contributed by atoms with Crippen molar-refractivity contribution in [3.05, 3.63) is 93.2 Å². The molecule has 3 aromatic rings. The highest BCUT2D eigenvalue weighted by Crippen LogP contribution is 2.38. The number of amides is 1. The zero-order valence-electron chi connectivity index (χ0n) is 18.2. The third kappa shape index (κ3) is 6.43. The average molecular weight is 509 g/mol. The molecule has 5 nitrogen and oxygen atoms in total. The van der Waals surface area contributed by atoms with Crippen molar-refractivity contribution in [1.29, 1.82) is 5.26 Å². The number of hydrogen-bond acceptors (Lipinski definition) is 4. The normalized spacial score (nSPS) is 10.9. The molecule has 0 aliphatic rings. The van der Waals surface area contributed by atoms with Gasteiger partial charge < -0.3 is 14.8 Å². The van der Waals surface area contributed by atoms with Gasteiger partial charge in [-0.3, -0.25) is 4.79 Å². The second-order valence-corrected chi connectivity index (χ2v) is 7.97. The Labute approximate surface area is 200 Å². The number of benzene rings is 3. The lowest BCUT2D eigenvalue weighted by molar-refractivity contribution is -0.112. The predicted molar refractivity (Wildman–Crippen MR) is 129 cm³/mol. The number of ether oxygens (including phenoxy) is 2. The van der Waals surface area contributed by atoms with E-state index in [1.54, 1.807) is 30.3 Å². The number of anilines is 1. The number of carbonyl (C=O) groups is 1. The fourth-order valence-corrected chi connectivity index (χ4v) is 3.65. The summed E-state index contributed by atoms with van der Waals surface area (Å²) in [5, 5.41) is 12.3. The molecule has 0 radical (unpaired) electrons. The molecule has 1 N–H and O–H groups in total. The lowest BCUT2D eigenvalue weighted by Crippen LogP contribution is -2.14. The molecule has 3 aromatic carbocycles. The van der Waals surface area contributed by atoms with Gasteiger partial charge in [-0.25, -0.2) is 4.39 Å². The first-order chi connectivity index (χ1) is 15.9. The van der Waals surface area contributed by atoms with Gasteiger partial charge in [-0.1, -0.05) is 30.3 Å². The Kier molecular flexibility index (Phi) is 8.22. The number of rotatable bonds is 8. The molecule has 0 saturated heterocycles. The first-order valence-electron chi connectivity index (χ1n) is 10.2. The van der Waals surface area contributed by atoms with Crippen LogP contribution in [0, 0.1) is 24.1 Å². The zero-order valence-corrected chi connectivity index (χ0v) is 19.8. The molecule has 0 bridgehead atoms. The summed E-state index contributed by atoms with van der Waals surface area (Å²) in [5.74, 6) is 0.0354. The summed E-state index contributed by atoms with van der Waals surface area (Å²) in [4.78, 5) is 12.6. The van der Waals surface area contributed by atoms with Crippen LogP contribution in [0.4, 0.5) is 10.1 Å². The Morgan fingerprint density at radius 1 is 1.15 bits per heavy atom. The summed E-state index contributed by atoms with van der Waals surface area (Å²) in [6, 6.07) is 18.8. The van der Waals surface area contributed by atoms with Gasteiger partial charge in [0.05, 0.1) is 11.1 Å². The number of hydrogen-bond donors (Lipinski definition) is 1. The van der Waals surface area contributed by atoms with E-state index < -0.39 is 5.91 Å². The van der Waals surface area contributed by atoms with Crippen molar-refractivity contribution < 1.29 is 18.7 Å². The van der Waals surface area contributed by atoms with Crippen LogP contribution in [0.25, 0.3) is 6.08 Å². The Morgan fingerprint density at radius 2 is 1.94 bits per heavy atom. The molecule has 0 spiro atoms. The number of nitrogens with one attached hydrogen (secondary N) is 1. The molecule has 1 amide bonds. The molecule has 0 aliphatic carbocycles. The number of para-hydroxylation sites is 1. The van der Waals surface area contributed by atoms with Gasteiger partial charge in [0.1, 0.15) is 24.1 Å². The van der Waals surface area contributed by atoms with Gasteiger partial charge in [0, 0.05) is 5.69 Å². The van der Waals surface area contributed by atoms with Gasteiger partial charge in [0.25, 0.3) is 5.91 Å². The first kappa shape index (κ1) is 24.0. The summed E-state index contributed by atoms with van der Waals surface area (Å²) in [7, 11) is 0. The average Bonchev–Trinajstić information content (AvgIpc) is 2.78. The molecule has 0 heterocycles. The second kappa shape index (κ2) is 11.3. The number of halogens is 2. The SMILES string of the molecule is CCOc1cc(/C=C(\C#N)C(=O)Nc2ccccc2C)cc(Br)c1OCc1cccc(F)c1. The molecule has 0 saturated carbocycles. The number of nitrogens with zero attached hydrogens (tertiary/aromatic N) is 1. The van der Waals surface area contributed by atoms with E-state index in [0.717, 1.165) is 5.56 Å². The Hall–Kier alpha value is -3.63. The van der Waals surface area contributed by atoms with Crippen LogP contribution in [0.2, 0.25) is 0 Å². The molecule has 0 unspecified atom stereocenters. The van der Waals surface area contributed by atoms with Crippen LogP contribution in [0.15, 0.2) is 70.7 Å². The van der Waals surface area contributed by atoms with Crippen LogP contribution in [0.5, 0.6) is 11.5 Å². The molecule has 7 heteroatoms. The van der Waals surface area contributed by atoms with Crippen LogP contribution in [-0.4, -0.2) is 12.5 Å². The minimum Gasteiger partial charge on any atom is -0.490 e.